The standard InChI is InChI=1S/C20H31N3O3/c1-20(19(25)21-7-11-24)6-3-8-23(20)16-18-5-2-4-17(14-18)15-22-9-12-26-13-10-22/h2,4-5,14,24H,3,6-13,15-16H2,1H3,(H,21,25)/t20-/m1/s1. The first kappa shape index (κ1) is 19.3. The minimum absolute atomic E-state index is 0.0218. The number of likely N-dealkylation sites (tertiary alicyclic amines) is 1. The van der Waals surface area contributed by atoms with Crippen molar-refractivity contribution in [1.82, 2.24) is 15.1 Å². The molecule has 0 unspecified atom stereocenters. The molecule has 2 aliphatic rings. The van der Waals surface area contributed by atoms with Crippen LogP contribution in [0.5, 0.6) is 0 Å². The molecule has 1 amide bonds. The fraction of sp³-hybridized carbons (Fsp3) is 0.650. The lowest BCUT2D eigenvalue weighted by Crippen LogP contribution is -2.53. The van der Waals surface area contributed by atoms with E-state index in [9.17, 15) is 4.79 Å². The summed E-state index contributed by atoms with van der Waals surface area (Å²) in [6, 6.07) is 8.70. The Labute approximate surface area is 156 Å². The molecule has 26 heavy (non-hydrogen) atoms. The molecule has 2 N–H and O–H groups in total. The second-order valence-corrected chi connectivity index (χ2v) is 7.49. The molecule has 1 aromatic rings. The summed E-state index contributed by atoms with van der Waals surface area (Å²) in [5.41, 5.74) is 2.07. The van der Waals surface area contributed by atoms with Gasteiger partial charge in [0, 0.05) is 32.7 Å². The number of rotatable bonds is 7. The van der Waals surface area contributed by atoms with E-state index in [1.165, 1.54) is 11.1 Å². The van der Waals surface area contributed by atoms with Crippen LogP contribution in [0.15, 0.2) is 24.3 Å². The minimum atomic E-state index is -0.491. The summed E-state index contributed by atoms with van der Waals surface area (Å²) < 4.78 is 5.42. The zero-order valence-electron chi connectivity index (χ0n) is 15.7. The van der Waals surface area contributed by atoms with Crippen LogP contribution in [-0.4, -0.2) is 72.4 Å². The van der Waals surface area contributed by atoms with Gasteiger partial charge in [-0.05, 0) is 37.4 Å². The number of nitrogens with one attached hydrogen (secondary N) is 1. The lowest BCUT2D eigenvalue weighted by atomic mass is 9.97. The fourth-order valence-electron chi connectivity index (χ4n) is 3.95. The molecule has 2 aliphatic heterocycles. The maximum atomic E-state index is 12.6. The van der Waals surface area contributed by atoms with Crippen molar-refractivity contribution in [2.45, 2.75) is 38.4 Å². The fourth-order valence-corrected chi connectivity index (χ4v) is 3.95. The summed E-state index contributed by atoms with van der Waals surface area (Å²) in [5, 5.41) is 11.8. The Bertz CT molecular complexity index is 604. The molecule has 0 spiro atoms. The second-order valence-electron chi connectivity index (χ2n) is 7.49. The van der Waals surface area contributed by atoms with Gasteiger partial charge in [-0.1, -0.05) is 24.3 Å². The molecule has 6 heteroatoms. The number of morpholine rings is 1. The van der Waals surface area contributed by atoms with Crippen LogP contribution in [0.4, 0.5) is 0 Å². The van der Waals surface area contributed by atoms with Crippen molar-refractivity contribution in [2.75, 3.05) is 46.0 Å². The Hall–Kier alpha value is -1.47. The highest BCUT2D eigenvalue weighted by Gasteiger charge is 2.42. The number of amides is 1. The molecule has 3 rings (SSSR count). The Balaban J connectivity index is 1.63. The average Bonchev–Trinajstić information content (AvgIpc) is 3.02. The van der Waals surface area contributed by atoms with Crippen LogP contribution in [0.3, 0.4) is 0 Å². The number of carbonyl (C=O) groups is 1. The van der Waals surface area contributed by atoms with Crippen LogP contribution in [0.1, 0.15) is 30.9 Å². The Kier molecular flexibility index (Phi) is 6.64. The van der Waals surface area contributed by atoms with Gasteiger partial charge >= 0.3 is 0 Å². The molecule has 2 saturated heterocycles. The number of hydrogen-bond acceptors (Lipinski definition) is 5. The number of ether oxygens (including phenoxy) is 1. The molecule has 0 aromatic heterocycles. The molecule has 1 atom stereocenters. The van der Waals surface area contributed by atoms with Crippen molar-refractivity contribution in [3.63, 3.8) is 0 Å². The summed E-state index contributed by atoms with van der Waals surface area (Å²) in [4.78, 5) is 17.3. The number of hydrogen-bond donors (Lipinski definition) is 2. The van der Waals surface area contributed by atoms with Crippen molar-refractivity contribution in [2.24, 2.45) is 0 Å². The summed E-state index contributed by atoms with van der Waals surface area (Å²) in [7, 11) is 0. The van der Waals surface area contributed by atoms with E-state index in [1.54, 1.807) is 0 Å². The average molecular weight is 361 g/mol. The number of aliphatic hydroxyl groups is 1. The van der Waals surface area contributed by atoms with Gasteiger partial charge in [-0.25, -0.2) is 0 Å². The van der Waals surface area contributed by atoms with E-state index in [-0.39, 0.29) is 12.5 Å². The van der Waals surface area contributed by atoms with Crippen molar-refractivity contribution in [3.05, 3.63) is 35.4 Å². The highest BCUT2D eigenvalue weighted by molar-refractivity contribution is 5.86. The predicted molar refractivity (Wildman–Crippen MR) is 101 cm³/mol. The normalized spacial score (nSPS) is 24.7. The first-order valence-corrected chi connectivity index (χ1v) is 9.64. The summed E-state index contributed by atoms with van der Waals surface area (Å²) in [5.74, 6) is 0.0218. The van der Waals surface area contributed by atoms with Crippen LogP contribution in [0, 0.1) is 0 Å². The van der Waals surface area contributed by atoms with Gasteiger partial charge in [0.05, 0.1) is 25.4 Å². The Morgan fingerprint density at radius 2 is 1.96 bits per heavy atom. The SMILES string of the molecule is C[C@]1(C(=O)NCCO)CCCN1Cc1cccc(CN2CCOCC2)c1. The van der Waals surface area contributed by atoms with Crippen molar-refractivity contribution in [1.29, 1.82) is 0 Å². The van der Waals surface area contributed by atoms with Gasteiger partial charge in [0.1, 0.15) is 0 Å². The number of carbonyl (C=O) groups excluding carboxylic acids is 1. The largest absolute Gasteiger partial charge is 0.395 e. The molecule has 0 aliphatic carbocycles. The molecule has 0 bridgehead atoms. The molecule has 144 valence electrons. The molecular formula is C20H31N3O3. The molecule has 0 radical (unpaired) electrons. The highest BCUT2D eigenvalue weighted by atomic mass is 16.5. The molecule has 2 heterocycles. The second kappa shape index (κ2) is 8.95. The molecule has 0 saturated carbocycles. The Morgan fingerprint density at radius 3 is 2.69 bits per heavy atom. The number of aliphatic hydroxyl groups excluding tert-OH is 1. The minimum Gasteiger partial charge on any atom is -0.395 e. The van der Waals surface area contributed by atoms with Gasteiger partial charge in [-0.3, -0.25) is 14.6 Å². The van der Waals surface area contributed by atoms with Gasteiger partial charge in [-0.15, -0.1) is 0 Å². The zero-order valence-corrected chi connectivity index (χ0v) is 15.7. The predicted octanol–water partition coefficient (Wildman–Crippen LogP) is 0.982. The van der Waals surface area contributed by atoms with Crippen LogP contribution in [0.2, 0.25) is 0 Å². The smallest absolute Gasteiger partial charge is 0.240 e. The van der Waals surface area contributed by atoms with Crippen molar-refractivity contribution < 1.29 is 14.6 Å². The van der Waals surface area contributed by atoms with E-state index in [0.29, 0.717) is 6.54 Å². The van der Waals surface area contributed by atoms with Crippen LogP contribution in [-0.2, 0) is 22.6 Å². The van der Waals surface area contributed by atoms with Gasteiger partial charge in [0.15, 0.2) is 0 Å². The molecular weight excluding hydrogens is 330 g/mol. The quantitative estimate of drug-likeness (QED) is 0.758. The topological polar surface area (TPSA) is 65.0 Å². The third kappa shape index (κ3) is 4.62. The van der Waals surface area contributed by atoms with Gasteiger partial charge in [0.2, 0.25) is 5.91 Å². The van der Waals surface area contributed by atoms with Gasteiger partial charge < -0.3 is 15.2 Å². The van der Waals surface area contributed by atoms with E-state index in [1.807, 2.05) is 6.92 Å². The number of nitrogens with zero attached hydrogens (tertiary/aromatic N) is 2. The first-order valence-electron chi connectivity index (χ1n) is 9.64. The van der Waals surface area contributed by atoms with Crippen molar-refractivity contribution >= 4 is 5.91 Å². The Morgan fingerprint density at radius 1 is 1.23 bits per heavy atom. The van der Waals surface area contributed by atoms with E-state index < -0.39 is 5.54 Å². The van der Waals surface area contributed by atoms with Gasteiger partial charge in [0.25, 0.3) is 0 Å². The lowest BCUT2D eigenvalue weighted by Gasteiger charge is -2.34. The summed E-state index contributed by atoms with van der Waals surface area (Å²) >= 11 is 0. The summed E-state index contributed by atoms with van der Waals surface area (Å²) in [6.07, 6.45) is 1.88. The van der Waals surface area contributed by atoms with E-state index >= 15 is 0 Å². The number of benzene rings is 1. The van der Waals surface area contributed by atoms with E-state index in [4.69, 9.17) is 9.84 Å². The third-order valence-electron chi connectivity index (χ3n) is 5.55. The highest BCUT2D eigenvalue weighted by Crippen LogP contribution is 2.31. The zero-order chi connectivity index (χ0) is 18.4. The molecule has 2 fully saturated rings. The molecule has 1 aromatic carbocycles. The lowest BCUT2D eigenvalue weighted by molar-refractivity contribution is -0.131. The van der Waals surface area contributed by atoms with Crippen LogP contribution >= 0.6 is 0 Å². The van der Waals surface area contributed by atoms with Crippen LogP contribution < -0.4 is 5.32 Å². The summed E-state index contributed by atoms with van der Waals surface area (Å²) in [6.45, 7) is 8.57. The first-order chi connectivity index (χ1) is 12.6. The van der Waals surface area contributed by atoms with Crippen LogP contribution in [0.25, 0.3) is 0 Å². The monoisotopic (exact) mass is 361 g/mol. The van der Waals surface area contributed by atoms with Gasteiger partial charge in [-0.2, -0.15) is 0 Å². The van der Waals surface area contributed by atoms with E-state index in [0.717, 1.165) is 58.8 Å². The maximum Gasteiger partial charge on any atom is 0.240 e. The van der Waals surface area contributed by atoms with E-state index in [2.05, 4.69) is 39.4 Å². The third-order valence-corrected chi connectivity index (χ3v) is 5.55. The molecule has 6 nitrogen and oxygen atoms in total. The maximum absolute atomic E-state index is 12.6. The van der Waals surface area contributed by atoms with Crippen molar-refractivity contribution in [3.8, 4) is 0 Å².